The molecule has 0 aliphatic heterocycles. The highest BCUT2D eigenvalue weighted by molar-refractivity contribution is 7.99. The van der Waals surface area contributed by atoms with Crippen molar-refractivity contribution >= 4 is 29.3 Å². The van der Waals surface area contributed by atoms with E-state index < -0.39 is 5.76 Å². The zero-order valence-corrected chi connectivity index (χ0v) is 15.8. The maximum absolute atomic E-state index is 12.3. The third-order valence-corrected chi connectivity index (χ3v) is 3.78. The summed E-state index contributed by atoms with van der Waals surface area (Å²) in [5.41, 5.74) is 0.204. The Morgan fingerprint density at radius 3 is 2.16 bits per heavy atom. The molecular weight excluding hydrogens is 348 g/mol. The molecule has 25 heavy (non-hydrogen) atoms. The van der Waals surface area contributed by atoms with Gasteiger partial charge in [0.1, 0.15) is 0 Å². The average Bonchev–Trinajstić information content (AvgIpc) is 2.46. The van der Waals surface area contributed by atoms with Gasteiger partial charge in [0.05, 0.1) is 13.1 Å². The summed E-state index contributed by atoms with van der Waals surface area (Å²) < 4.78 is 24.6. The van der Waals surface area contributed by atoms with E-state index in [-0.39, 0.29) is 30.4 Å². The number of hydrogen-bond acceptors (Lipinski definition) is 4. The minimum Gasteiger partial charge on any atom is -0.350 e. The molecule has 5 nitrogen and oxygen atoms in total. The summed E-state index contributed by atoms with van der Waals surface area (Å²) >= 11 is 0.453. The Labute approximate surface area is 151 Å². The number of nitrogens with one attached hydrogen (secondary N) is 2. The Morgan fingerprint density at radius 1 is 1.12 bits per heavy atom. The standard InChI is InChI=1S/C17H25F2N3O2S/c1-5-22(11-15(24)21-17(2,3)4)10-14(23)20-12-6-8-13(9-7-12)25-16(18)19/h6-9,16H,5,10-11H2,1-4H3,(H,20,23)(H,21,24). The lowest BCUT2D eigenvalue weighted by atomic mass is 10.1. The largest absolute Gasteiger partial charge is 0.350 e. The number of carbonyl (C=O) groups excluding carboxylic acids is 2. The van der Waals surface area contributed by atoms with Gasteiger partial charge in [-0.15, -0.1) is 0 Å². The van der Waals surface area contributed by atoms with Crippen LogP contribution in [0.1, 0.15) is 27.7 Å². The number of carbonyl (C=O) groups is 2. The fourth-order valence-electron chi connectivity index (χ4n) is 2.06. The molecule has 0 aromatic heterocycles. The van der Waals surface area contributed by atoms with E-state index in [4.69, 9.17) is 0 Å². The molecule has 0 unspecified atom stereocenters. The minimum absolute atomic E-state index is 0.0710. The normalized spacial score (nSPS) is 11.7. The summed E-state index contributed by atoms with van der Waals surface area (Å²) in [5, 5.41) is 5.55. The molecule has 0 atom stereocenters. The number of thioether (sulfide) groups is 1. The van der Waals surface area contributed by atoms with Gasteiger partial charge < -0.3 is 10.6 Å². The SMILES string of the molecule is CCN(CC(=O)Nc1ccc(SC(F)F)cc1)CC(=O)NC(C)(C)C. The molecule has 0 heterocycles. The van der Waals surface area contributed by atoms with Crippen LogP contribution in [0.15, 0.2) is 29.2 Å². The first-order chi connectivity index (χ1) is 11.6. The van der Waals surface area contributed by atoms with Gasteiger partial charge in [-0.3, -0.25) is 14.5 Å². The first-order valence-electron chi connectivity index (χ1n) is 7.97. The topological polar surface area (TPSA) is 61.4 Å². The number of hydrogen-bond donors (Lipinski definition) is 2. The van der Waals surface area contributed by atoms with Crippen LogP contribution in [0.3, 0.4) is 0 Å². The molecule has 1 rings (SSSR count). The van der Waals surface area contributed by atoms with E-state index >= 15 is 0 Å². The number of halogens is 2. The lowest BCUT2D eigenvalue weighted by Crippen LogP contribution is -2.47. The van der Waals surface area contributed by atoms with E-state index in [2.05, 4.69) is 10.6 Å². The Morgan fingerprint density at radius 2 is 1.68 bits per heavy atom. The fraction of sp³-hybridized carbons (Fsp3) is 0.529. The van der Waals surface area contributed by atoms with E-state index in [1.165, 1.54) is 12.1 Å². The van der Waals surface area contributed by atoms with Gasteiger partial charge in [-0.1, -0.05) is 18.7 Å². The van der Waals surface area contributed by atoms with Crippen molar-refractivity contribution in [3.05, 3.63) is 24.3 Å². The van der Waals surface area contributed by atoms with E-state index in [9.17, 15) is 18.4 Å². The maximum Gasteiger partial charge on any atom is 0.288 e. The second kappa shape index (κ2) is 9.72. The van der Waals surface area contributed by atoms with Crippen LogP contribution in [0, 0.1) is 0 Å². The maximum atomic E-state index is 12.3. The van der Waals surface area contributed by atoms with Crippen molar-refractivity contribution in [2.75, 3.05) is 25.0 Å². The first kappa shape index (κ1) is 21.4. The molecule has 0 fully saturated rings. The molecule has 0 spiro atoms. The van der Waals surface area contributed by atoms with Gasteiger partial charge in [0.25, 0.3) is 5.76 Å². The predicted octanol–water partition coefficient (Wildman–Crippen LogP) is 3.18. The molecule has 1 aromatic carbocycles. The Hall–Kier alpha value is -1.67. The lowest BCUT2D eigenvalue weighted by Gasteiger charge is -2.24. The molecule has 0 bridgehead atoms. The van der Waals surface area contributed by atoms with E-state index in [0.29, 0.717) is 28.9 Å². The average molecular weight is 373 g/mol. The number of likely N-dealkylation sites (N-methyl/N-ethyl adjacent to an activating group) is 1. The number of anilines is 1. The van der Waals surface area contributed by atoms with Crippen LogP contribution < -0.4 is 10.6 Å². The zero-order valence-electron chi connectivity index (χ0n) is 14.9. The highest BCUT2D eigenvalue weighted by Gasteiger charge is 2.17. The Balaban J connectivity index is 2.51. The van der Waals surface area contributed by atoms with Crippen molar-refractivity contribution in [2.24, 2.45) is 0 Å². The van der Waals surface area contributed by atoms with Gasteiger partial charge in [0.15, 0.2) is 0 Å². The van der Waals surface area contributed by atoms with E-state index in [1.807, 2.05) is 27.7 Å². The minimum atomic E-state index is -2.47. The van der Waals surface area contributed by atoms with Gasteiger partial charge in [0.2, 0.25) is 11.8 Å². The van der Waals surface area contributed by atoms with E-state index in [1.54, 1.807) is 17.0 Å². The summed E-state index contributed by atoms with van der Waals surface area (Å²) in [6, 6.07) is 6.21. The molecule has 8 heteroatoms. The second-order valence-corrected chi connectivity index (χ2v) is 7.62. The van der Waals surface area contributed by atoms with Crippen LogP contribution in [0.5, 0.6) is 0 Å². The number of benzene rings is 1. The summed E-state index contributed by atoms with van der Waals surface area (Å²) in [4.78, 5) is 26.2. The van der Waals surface area contributed by atoms with Crippen molar-refractivity contribution in [3.63, 3.8) is 0 Å². The van der Waals surface area contributed by atoms with E-state index in [0.717, 1.165) is 0 Å². The molecule has 2 amide bonds. The van der Waals surface area contributed by atoms with Crippen LogP contribution in [0.4, 0.5) is 14.5 Å². The van der Waals surface area contributed by atoms with Gasteiger partial charge in [-0.25, -0.2) is 0 Å². The summed E-state index contributed by atoms with van der Waals surface area (Å²) in [6.07, 6.45) is 0. The summed E-state index contributed by atoms with van der Waals surface area (Å²) in [5.74, 6) is -2.88. The number of nitrogens with zero attached hydrogens (tertiary/aromatic N) is 1. The Bertz CT molecular complexity index is 574. The van der Waals surface area contributed by atoms with Crippen LogP contribution in [0.25, 0.3) is 0 Å². The summed E-state index contributed by atoms with van der Waals surface area (Å²) in [6.45, 7) is 8.30. The van der Waals surface area contributed by atoms with Crippen LogP contribution in [-0.2, 0) is 9.59 Å². The first-order valence-corrected chi connectivity index (χ1v) is 8.85. The van der Waals surface area contributed by atoms with Crippen LogP contribution in [-0.4, -0.2) is 47.6 Å². The number of amides is 2. The highest BCUT2D eigenvalue weighted by Crippen LogP contribution is 2.26. The molecule has 0 aliphatic carbocycles. The second-order valence-electron chi connectivity index (χ2n) is 6.55. The highest BCUT2D eigenvalue weighted by atomic mass is 32.2. The third-order valence-electron chi connectivity index (χ3n) is 3.06. The lowest BCUT2D eigenvalue weighted by molar-refractivity contribution is -0.124. The number of rotatable bonds is 8. The fourth-order valence-corrected chi connectivity index (χ4v) is 2.56. The molecule has 1 aromatic rings. The molecular formula is C17H25F2N3O2S. The molecule has 0 saturated heterocycles. The van der Waals surface area contributed by atoms with Gasteiger partial charge in [0, 0.05) is 16.1 Å². The van der Waals surface area contributed by atoms with Crippen LogP contribution >= 0.6 is 11.8 Å². The van der Waals surface area contributed by atoms with Crippen LogP contribution in [0.2, 0.25) is 0 Å². The van der Waals surface area contributed by atoms with Crippen molar-refractivity contribution in [1.29, 1.82) is 0 Å². The monoisotopic (exact) mass is 373 g/mol. The van der Waals surface area contributed by atoms with Crippen molar-refractivity contribution in [2.45, 2.75) is 43.9 Å². The molecule has 0 radical (unpaired) electrons. The number of alkyl halides is 2. The molecule has 140 valence electrons. The van der Waals surface area contributed by atoms with Crippen molar-refractivity contribution < 1.29 is 18.4 Å². The quantitative estimate of drug-likeness (QED) is 0.687. The van der Waals surface area contributed by atoms with Gasteiger partial charge >= 0.3 is 0 Å². The molecule has 2 N–H and O–H groups in total. The molecule has 0 saturated carbocycles. The summed E-state index contributed by atoms with van der Waals surface area (Å²) in [7, 11) is 0. The molecule has 0 aliphatic rings. The van der Waals surface area contributed by atoms with Gasteiger partial charge in [-0.2, -0.15) is 8.78 Å². The third kappa shape index (κ3) is 9.40. The van der Waals surface area contributed by atoms with Crippen molar-refractivity contribution in [3.8, 4) is 0 Å². The Kier molecular flexibility index (Phi) is 8.31. The van der Waals surface area contributed by atoms with Crippen molar-refractivity contribution in [1.82, 2.24) is 10.2 Å². The smallest absolute Gasteiger partial charge is 0.288 e. The van der Waals surface area contributed by atoms with Gasteiger partial charge in [-0.05, 0) is 51.6 Å². The zero-order chi connectivity index (χ0) is 19.0. The predicted molar refractivity (Wildman–Crippen MR) is 96.9 cm³/mol.